The zero-order chi connectivity index (χ0) is 23.8. The summed E-state index contributed by atoms with van der Waals surface area (Å²) in [6.07, 6.45) is 0. The third kappa shape index (κ3) is 6.53. The SMILES string of the molecule is CC(C)[C@H](NC(=O)C(c1ccccc1)c1ccccc1)C(=O)OCC(=O)c1ccc(Cl)cc1. The number of Topliss-reactive ketones (excluding diaryl/α,β-unsaturated/α-hetero) is 1. The zero-order valence-corrected chi connectivity index (χ0v) is 19.3. The van der Waals surface area contributed by atoms with Crippen molar-refractivity contribution < 1.29 is 19.1 Å². The molecule has 0 aliphatic heterocycles. The van der Waals surface area contributed by atoms with Gasteiger partial charge in [-0.25, -0.2) is 4.79 Å². The fourth-order valence-corrected chi connectivity index (χ4v) is 3.59. The number of carbonyl (C=O) groups is 3. The molecule has 3 aromatic rings. The predicted molar refractivity (Wildman–Crippen MR) is 128 cm³/mol. The van der Waals surface area contributed by atoms with E-state index in [9.17, 15) is 14.4 Å². The highest BCUT2D eigenvalue weighted by atomic mass is 35.5. The molecular formula is C27H26ClNO4. The lowest BCUT2D eigenvalue weighted by Crippen LogP contribution is -2.47. The number of nitrogens with one attached hydrogen (secondary N) is 1. The molecule has 0 heterocycles. The van der Waals surface area contributed by atoms with Crippen LogP contribution in [0.2, 0.25) is 5.02 Å². The standard InChI is InChI=1S/C27H26ClNO4/c1-18(2)25(27(32)33-17-23(30)19-13-15-22(28)16-14-19)29-26(31)24(20-9-5-3-6-10-20)21-11-7-4-8-12-21/h3-16,18,24-25H,17H2,1-2H3,(H,29,31)/t25-/m0/s1. The van der Waals surface area contributed by atoms with E-state index in [2.05, 4.69) is 5.32 Å². The Hall–Kier alpha value is -3.44. The van der Waals surface area contributed by atoms with Gasteiger partial charge in [0.25, 0.3) is 0 Å². The summed E-state index contributed by atoms with van der Waals surface area (Å²) in [6.45, 7) is 3.21. The maximum absolute atomic E-state index is 13.4. The van der Waals surface area contributed by atoms with Crippen LogP contribution in [0.1, 0.15) is 41.3 Å². The number of carbonyl (C=O) groups excluding carboxylic acids is 3. The van der Waals surface area contributed by atoms with E-state index >= 15 is 0 Å². The summed E-state index contributed by atoms with van der Waals surface area (Å²) in [5.74, 6) is -2.13. The van der Waals surface area contributed by atoms with E-state index in [1.807, 2.05) is 74.5 Å². The second-order valence-electron chi connectivity index (χ2n) is 8.02. The normalized spacial score (nSPS) is 11.8. The number of rotatable bonds is 9. The van der Waals surface area contributed by atoms with E-state index in [0.717, 1.165) is 11.1 Å². The first-order valence-electron chi connectivity index (χ1n) is 10.7. The topological polar surface area (TPSA) is 72.5 Å². The number of ether oxygens (including phenoxy) is 1. The fourth-order valence-electron chi connectivity index (χ4n) is 3.47. The van der Waals surface area contributed by atoms with Gasteiger partial charge in [0.05, 0.1) is 5.92 Å². The second-order valence-corrected chi connectivity index (χ2v) is 8.46. The van der Waals surface area contributed by atoms with Gasteiger partial charge in [-0.1, -0.05) is 86.1 Å². The van der Waals surface area contributed by atoms with Crippen LogP contribution in [0, 0.1) is 5.92 Å². The van der Waals surface area contributed by atoms with E-state index < -0.39 is 24.5 Å². The van der Waals surface area contributed by atoms with Crippen molar-refractivity contribution >= 4 is 29.3 Å². The summed E-state index contributed by atoms with van der Waals surface area (Å²) in [6, 6.07) is 24.2. The molecule has 0 unspecified atom stereocenters. The summed E-state index contributed by atoms with van der Waals surface area (Å²) in [5.41, 5.74) is 2.02. The van der Waals surface area contributed by atoms with Crippen LogP contribution in [0.3, 0.4) is 0 Å². The quantitative estimate of drug-likeness (QED) is 0.356. The molecule has 0 aromatic heterocycles. The van der Waals surface area contributed by atoms with Crippen molar-refractivity contribution in [3.63, 3.8) is 0 Å². The minimum absolute atomic E-state index is 0.237. The van der Waals surface area contributed by atoms with Crippen LogP contribution in [0.4, 0.5) is 0 Å². The molecule has 0 saturated carbocycles. The van der Waals surface area contributed by atoms with Crippen molar-refractivity contribution in [2.45, 2.75) is 25.8 Å². The van der Waals surface area contributed by atoms with Gasteiger partial charge < -0.3 is 10.1 Å². The van der Waals surface area contributed by atoms with Crippen molar-refractivity contribution in [2.75, 3.05) is 6.61 Å². The first-order valence-corrected chi connectivity index (χ1v) is 11.1. The van der Waals surface area contributed by atoms with Crippen LogP contribution in [-0.4, -0.2) is 30.3 Å². The molecule has 33 heavy (non-hydrogen) atoms. The summed E-state index contributed by atoms with van der Waals surface area (Å²) < 4.78 is 5.27. The molecule has 0 spiro atoms. The lowest BCUT2D eigenvalue weighted by Gasteiger charge is -2.24. The van der Waals surface area contributed by atoms with Gasteiger partial charge >= 0.3 is 5.97 Å². The first-order chi connectivity index (χ1) is 15.9. The third-order valence-corrected chi connectivity index (χ3v) is 5.51. The molecule has 0 aliphatic carbocycles. The predicted octanol–water partition coefficient (Wildman–Crippen LogP) is 5.04. The molecule has 5 nitrogen and oxygen atoms in total. The highest BCUT2D eigenvalue weighted by Gasteiger charge is 2.31. The van der Waals surface area contributed by atoms with Gasteiger partial charge in [0.2, 0.25) is 5.91 Å². The van der Waals surface area contributed by atoms with Crippen molar-refractivity contribution in [1.29, 1.82) is 0 Å². The Labute approximate surface area is 198 Å². The minimum Gasteiger partial charge on any atom is -0.456 e. The average molecular weight is 464 g/mol. The van der Waals surface area contributed by atoms with E-state index in [0.29, 0.717) is 10.6 Å². The largest absolute Gasteiger partial charge is 0.456 e. The average Bonchev–Trinajstić information content (AvgIpc) is 2.82. The Kier molecular flexibility index (Phi) is 8.39. The number of benzene rings is 3. The summed E-state index contributed by atoms with van der Waals surface area (Å²) in [7, 11) is 0. The Balaban J connectivity index is 1.73. The van der Waals surface area contributed by atoms with E-state index in [4.69, 9.17) is 16.3 Å². The molecule has 3 rings (SSSR count). The molecule has 170 valence electrons. The smallest absolute Gasteiger partial charge is 0.329 e. The van der Waals surface area contributed by atoms with Gasteiger partial charge in [0.15, 0.2) is 12.4 Å². The molecule has 6 heteroatoms. The van der Waals surface area contributed by atoms with E-state index in [1.54, 1.807) is 24.3 Å². The number of hydrogen-bond acceptors (Lipinski definition) is 4. The Morgan fingerprint density at radius 3 is 1.82 bits per heavy atom. The molecule has 0 radical (unpaired) electrons. The van der Waals surface area contributed by atoms with Crippen molar-refractivity contribution in [1.82, 2.24) is 5.32 Å². The van der Waals surface area contributed by atoms with Gasteiger partial charge in [-0.3, -0.25) is 9.59 Å². The van der Waals surface area contributed by atoms with Crippen LogP contribution in [0.25, 0.3) is 0 Å². The molecule has 1 amide bonds. The molecule has 0 bridgehead atoms. The summed E-state index contributed by atoms with van der Waals surface area (Å²) in [4.78, 5) is 38.5. The Morgan fingerprint density at radius 1 is 0.818 bits per heavy atom. The Bertz CT molecular complexity index is 1040. The fraction of sp³-hybridized carbons (Fsp3) is 0.222. The van der Waals surface area contributed by atoms with Crippen molar-refractivity contribution in [3.05, 3.63) is 107 Å². The van der Waals surface area contributed by atoms with Crippen LogP contribution in [0.5, 0.6) is 0 Å². The first kappa shape index (κ1) is 24.2. The van der Waals surface area contributed by atoms with Crippen LogP contribution >= 0.6 is 11.6 Å². The maximum atomic E-state index is 13.4. The molecular weight excluding hydrogens is 438 g/mol. The van der Waals surface area contributed by atoms with Gasteiger partial charge in [-0.2, -0.15) is 0 Å². The van der Waals surface area contributed by atoms with E-state index in [1.165, 1.54) is 0 Å². The Morgan fingerprint density at radius 2 is 1.33 bits per heavy atom. The van der Waals surface area contributed by atoms with Crippen LogP contribution in [-0.2, 0) is 14.3 Å². The second kappa shape index (κ2) is 11.4. The summed E-state index contributed by atoms with van der Waals surface area (Å²) >= 11 is 5.85. The number of esters is 1. The molecule has 1 atom stereocenters. The number of ketones is 1. The van der Waals surface area contributed by atoms with Gasteiger partial charge in [0, 0.05) is 10.6 Å². The lowest BCUT2D eigenvalue weighted by atomic mass is 9.90. The highest BCUT2D eigenvalue weighted by molar-refractivity contribution is 6.30. The molecule has 1 N–H and O–H groups in total. The minimum atomic E-state index is -0.898. The summed E-state index contributed by atoms with van der Waals surface area (Å²) in [5, 5.41) is 3.35. The van der Waals surface area contributed by atoms with Crippen LogP contribution < -0.4 is 5.32 Å². The van der Waals surface area contributed by atoms with Gasteiger partial charge in [-0.15, -0.1) is 0 Å². The van der Waals surface area contributed by atoms with E-state index in [-0.39, 0.29) is 17.6 Å². The van der Waals surface area contributed by atoms with Crippen molar-refractivity contribution in [2.24, 2.45) is 5.92 Å². The molecule has 0 fully saturated rings. The zero-order valence-electron chi connectivity index (χ0n) is 18.5. The van der Waals surface area contributed by atoms with Gasteiger partial charge in [0.1, 0.15) is 6.04 Å². The number of hydrogen-bond donors (Lipinski definition) is 1. The molecule has 3 aromatic carbocycles. The lowest BCUT2D eigenvalue weighted by molar-refractivity contribution is -0.148. The maximum Gasteiger partial charge on any atom is 0.329 e. The third-order valence-electron chi connectivity index (χ3n) is 5.26. The molecule has 0 aliphatic rings. The highest BCUT2D eigenvalue weighted by Crippen LogP contribution is 2.25. The number of amides is 1. The molecule has 0 saturated heterocycles. The monoisotopic (exact) mass is 463 g/mol. The van der Waals surface area contributed by atoms with Gasteiger partial charge in [-0.05, 0) is 41.3 Å². The number of halogens is 1. The van der Waals surface area contributed by atoms with Crippen molar-refractivity contribution in [3.8, 4) is 0 Å². The van der Waals surface area contributed by atoms with Crippen LogP contribution in [0.15, 0.2) is 84.9 Å².